The zero-order valence-electron chi connectivity index (χ0n) is 8.39. The minimum atomic E-state index is -1.13. The topological polar surface area (TPSA) is 84.2 Å². The third-order valence-electron chi connectivity index (χ3n) is 1.73. The van der Waals surface area contributed by atoms with Crippen molar-refractivity contribution in [3.8, 4) is 0 Å². The molecule has 1 aromatic heterocycles. The Balaban J connectivity index is 2.97. The molecular weight excluding hydrogens is 198 g/mol. The quantitative estimate of drug-likeness (QED) is 0.715. The van der Waals surface area contributed by atoms with E-state index in [0.717, 1.165) is 0 Å². The molecule has 0 radical (unpaired) electrons. The molecule has 0 saturated carbocycles. The fourth-order valence-corrected chi connectivity index (χ4v) is 1.05. The minimum Gasteiger partial charge on any atom is -0.477 e. The van der Waals surface area contributed by atoms with Gasteiger partial charge in [-0.15, -0.1) is 0 Å². The first-order chi connectivity index (χ1) is 7.06. The summed E-state index contributed by atoms with van der Waals surface area (Å²) in [6.07, 6.45) is 4.05. The highest BCUT2D eigenvalue weighted by molar-refractivity contribution is 6.03. The summed E-state index contributed by atoms with van der Waals surface area (Å²) in [5.74, 6) is -1.34. The molecule has 0 atom stereocenters. The average molecular weight is 209 g/mol. The molecule has 0 aromatic carbocycles. The maximum absolute atomic E-state index is 11.2. The van der Waals surface area contributed by atoms with Gasteiger partial charge in [-0.2, -0.15) is 5.10 Å². The van der Waals surface area contributed by atoms with Gasteiger partial charge in [-0.05, 0) is 13.0 Å². The van der Waals surface area contributed by atoms with Crippen LogP contribution in [0.15, 0.2) is 18.3 Å². The number of allylic oxidation sites excluding steroid dienone is 1. The van der Waals surface area contributed by atoms with E-state index in [4.69, 9.17) is 5.11 Å². The van der Waals surface area contributed by atoms with Gasteiger partial charge in [0, 0.05) is 7.05 Å². The highest BCUT2D eigenvalue weighted by atomic mass is 16.4. The number of hydrogen-bond donors (Lipinski definition) is 2. The van der Waals surface area contributed by atoms with E-state index in [9.17, 15) is 9.59 Å². The summed E-state index contributed by atoms with van der Waals surface area (Å²) in [5.41, 5.74) is -0.0321. The molecule has 15 heavy (non-hydrogen) atoms. The number of carbonyl (C=O) groups is 2. The van der Waals surface area contributed by atoms with E-state index in [0.29, 0.717) is 0 Å². The SMILES string of the molecule is C/C=C/C(=O)Nc1c(C(=O)O)cnn1C. The Bertz CT molecular complexity index is 420. The third-order valence-corrected chi connectivity index (χ3v) is 1.73. The van der Waals surface area contributed by atoms with Gasteiger partial charge in [0.15, 0.2) is 0 Å². The van der Waals surface area contributed by atoms with Gasteiger partial charge in [-0.25, -0.2) is 4.79 Å². The van der Waals surface area contributed by atoms with Crippen LogP contribution in [0.4, 0.5) is 5.82 Å². The lowest BCUT2D eigenvalue weighted by atomic mass is 10.3. The van der Waals surface area contributed by atoms with Gasteiger partial charge in [0.25, 0.3) is 0 Å². The summed E-state index contributed by atoms with van der Waals surface area (Å²) >= 11 is 0. The first-order valence-electron chi connectivity index (χ1n) is 4.25. The number of aromatic carboxylic acids is 1. The van der Waals surface area contributed by atoms with Crippen molar-refractivity contribution in [2.75, 3.05) is 5.32 Å². The van der Waals surface area contributed by atoms with Crippen LogP contribution in [0, 0.1) is 0 Å². The molecule has 1 rings (SSSR count). The molecule has 0 unspecified atom stereocenters. The number of aryl methyl sites for hydroxylation is 1. The van der Waals surface area contributed by atoms with Gasteiger partial charge in [0.2, 0.25) is 5.91 Å². The average Bonchev–Trinajstić information content (AvgIpc) is 2.48. The molecule has 0 aliphatic carbocycles. The van der Waals surface area contributed by atoms with E-state index in [1.54, 1.807) is 20.0 Å². The van der Waals surface area contributed by atoms with Crippen LogP contribution in [0.25, 0.3) is 0 Å². The van der Waals surface area contributed by atoms with Crippen LogP contribution in [0.5, 0.6) is 0 Å². The van der Waals surface area contributed by atoms with Gasteiger partial charge >= 0.3 is 5.97 Å². The van der Waals surface area contributed by atoms with Crippen LogP contribution in [0.3, 0.4) is 0 Å². The Kier molecular flexibility index (Phi) is 3.22. The lowest BCUT2D eigenvalue weighted by Gasteiger charge is -2.03. The van der Waals surface area contributed by atoms with Crippen LogP contribution in [0.1, 0.15) is 17.3 Å². The van der Waals surface area contributed by atoms with Crippen molar-refractivity contribution in [3.63, 3.8) is 0 Å². The molecule has 6 heteroatoms. The number of hydrogen-bond acceptors (Lipinski definition) is 3. The van der Waals surface area contributed by atoms with Crippen LogP contribution in [-0.4, -0.2) is 26.8 Å². The summed E-state index contributed by atoms with van der Waals surface area (Å²) in [4.78, 5) is 22.0. The highest BCUT2D eigenvalue weighted by Crippen LogP contribution is 2.13. The Morgan fingerprint density at radius 1 is 1.60 bits per heavy atom. The maximum atomic E-state index is 11.2. The minimum absolute atomic E-state index is 0.0321. The molecule has 6 nitrogen and oxygen atoms in total. The number of carboxylic acid groups (broad SMARTS) is 1. The Morgan fingerprint density at radius 3 is 2.80 bits per heavy atom. The van der Waals surface area contributed by atoms with Crippen molar-refractivity contribution >= 4 is 17.7 Å². The van der Waals surface area contributed by atoms with Gasteiger partial charge in [-0.3, -0.25) is 9.48 Å². The van der Waals surface area contributed by atoms with Crippen LogP contribution < -0.4 is 5.32 Å². The maximum Gasteiger partial charge on any atom is 0.341 e. The molecule has 0 bridgehead atoms. The van der Waals surface area contributed by atoms with Crippen molar-refractivity contribution in [1.29, 1.82) is 0 Å². The summed E-state index contributed by atoms with van der Waals surface area (Å²) in [6, 6.07) is 0. The number of carboxylic acids is 1. The largest absolute Gasteiger partial charge is 0.477 e. The Hall–Kier alpha value is -2.11. The smallest absolute Gasteiger partial charge is 0.341 e. The van der Waals surface area contributed by atoms with Gasteiger partial charge in [-0.1, -0.05) is 6.08 Å². The molecule has 0 spiro atoms. The second kappa shape index (κ2) is 4.41. The van der Waals surface area contributed by atoms with Crippen LogP contribution in [0.2, 0.25) is 0 Å². The van der Waals surface area contributed by atoms with Crippen molar-refractivity contribution in [3.05, 3.63) is 23.9 Å². The van der Waals surface area contributed by atoms with E-state index in [1.807, 2.05) is 0 Å². The van der Waals surface area contributed by atoms with Crippen LogP contribution >= 0.6 is 0 Å². The number of rotatable bonds is 3. The fourth-order valence-electron chi connectivity index (χ4n) is 1.05. The van der Waals surface area contributed by atoms with E-state index in [2.05, 4.69) is 10.4 Å². The van der Waals surface area contributed by atoms with E-state index < -0.39 is 5.97 Å². The van der Waals surface area contributed by atoms with Crippen LogP contribution in [-0.2, 0) is 11.8 Å². The molecule has 1 amide bonds. The van der Waals surface area contributed by atoms with Gasteiger partial charge < -0.3 is 10.4 Å². The van der Waals surface area contributed by atoms with E-state index in [-0.39, 0.29) is 17.3 Å². The number of carbonyl (C=O) groups excluding carboxylic acids is 1. The normalized spacial score (nSPS) is 10.5. The first kappa shape index (κ1) is 11.0. The Morgan fingerprint density at radius 2 is 2.27 bits per heavy atom. The Labute approximate surface area is 86.2 Å². The monoisotopic (exact) mass is 209 g/mol. The third kappa shape index (κ3) is 2.43. The predicted octanol–water partition coefficient (Wildman–Crippen LogP) is 0.633. The summed E-state index contributed by atoms with van der Waals surface area (Å²) in [6.45, 7) is 1.70. The zero-order valence-corrected chi connectivity index (χ0v) is 8.39. The molecule has 1 aromatic rings. The van der Waals surface area contributed by atoms with Gasteiger partial charge in [0.05, 0.1) is 6.20 Å². The van der Waals surface area contributed by atoms with Crippen molar-refractivity contribution in [2.45, 2.75) is 6.92 Å². The highest BCUT2D eigenvalue weighted by Gasteiger charge is 2.15. The molecular formula is C9H11N3O3. The van der Waals surface area contributed by atoms with E-state index >= 15 is 0 Å². The number of nitrogens with zero attached hydrogens (tertiary/aromatic N) is 2. The molecule has 0 aliphatic heterocycles. The standard InChI is InChI=1S/C9H11N3O3/c1-3-4-7(13)11-8-6(9(14)15)5-10-12(8)2/h3-5H,1-2H3,(H,11,13)(H,14,15)/b4-3+. The lowest BCUT2D eigenvalue weighted by Crippen LogP contribution is -2.14. The van der Waals surface area contributed by atoms with Gasteiger partial charge in [0.1, 0.15) is 11.4 Å². The molecule has 1 heterocycles. The summed E-state index contributed by atoms with van der Waals surface area (Å²) in [5, 5.41) is 15.0. The number of anilines is 1. The second-order valence-corrected chi connectivity index (χ2v) is 2.82. The molecule has 0 fully saturated rings. The number of amides is 1. The predicted molar refractivity (Wildman–Crippen MR) is 53.6 cm³/mol. The summed E-state index contributed by atoms with van der Waals surface area (Å²) in [7, 11) is 1.55. The molecule has 2 N–H and O–H groups in total. The first-order valence-corrected chi connectivity index (χ1v) is 4.25. The van der Waals surface area contributed by atoms with Crippen molar-refractivity contribution in [1.82, 2.24) is 9.78 Å². The second-order valence-electron chi connectivity index (χ2n) is 2.82. The lowest BCUT2D eigenvalue weighted by molar-refractivity contribution is -0.112. The van der Waals surface area contributed by atoms with E-state index in [1.165, 1.54) is 17.0 Å². The molecule has 0 aliphatic rings. The number of nitrogens with one attached hydrogen (secondary N) is 1. The summed E-state index contributed by atoms with van der Waals surface area (Å²) < 4.78 is 1.30. The van der Waals surface area contributed by atoms with Crippen molar-refractivity contribution < 1.29 is 14.7 Å². The molecule has 0 saturated heterocycles. The number of aromatic nitrogens is 2. The molecule has 80 valence electrons. The van der Waals surface area contributed by atoms with Crippen molar-refractivity contribution in [2.24, 2.45) is 7.05 Å². The fraction of sp³-hybridized carbons (Fsp3) is 0.222. The zero-order chi connectivity index (χ0) is 11.4.